The Kier molecular flexibility index (Phi) is 5.60. The van der Waals surface area contributed by atoms with Crippen LogP contribution in [0.5, 0.6) is 0 Å². The van der Waals surface area contributed by atoms with E-state index in [-0.39, 0.29) is 0 Å². The van der Waals surface area contributed by atoms with Gasteiger partial charge in [-0.2, -0.15) is 0 Å². The Morgan fingerprint density at radius 1 is 1.35 bits per heavy atom. The van der Waals surface area contributed by atoms with E-state index >= 15 is 0 Å². The minimum Gasteiger partial charge on any atom is -0.339 e. The fourth-order valence-electron chi connectivity index (χ4n) is 3.01. The van der Waals surface area contributed by atoms with Crippen LogP contribution in [-0.4, -0.2) is 37.0 Å². The van der Waals surface area contributed by atoms with Crippen LogP contribution in [0.1, 0.15) is 36.8 Å². The van der Waals surface area contributed by atoms with E-state index in [2.05, 4.69) is 29.3 Å². The summed E-state index contributed by atoms with van der Waals surface area (Å²) in [5.74, 6) is 0.292. The maximum absolute atomic E-state index is 12.6. The number of rotatable bonds is 5. The number of likely N-dealkylation sites (tertiary alicyclic amines) is 1. The lowest BCUT2D eigenvalue weighted by molar-refractivity contribution is -0.134. The molecule has 0 saturated carbocycles. The van der Waals surface area contributed by atoms with Crippen molar-refractivity contribution < 1.29 is 4.79 Å². The molecule has 0 aromatic heterocycles. The zero-order chi connectivity index (χ0) is 14.4. The van der Waals surface area contributed by atoms with E-state index in [0.29, 0.717) is 18.4 Å². The second kappa shape index (κ2) is 7.44. The fraction of sp³-hybridized carbons (Fsp3) is 0.588. The van der Waals surface area contributed by atoms with Crippen molar-refractivity contribution in [1.29, 1.82) is 0 Å². The zero-order valence-corrected chi connectivity index (χ0v) is 12.7. The minimum atomic E-state index is 0.292. The first kappa shape index (κ1) is 15.0. The number of amides is 1. The van der Waals surface area contributed by atoms with Crippen molar-refractivity contribution in [2.45, 2.75) is 45.1 Å². The molecule has 1 fully saturated rings. The van der Waals surface area contributed by atoms with Crippen LogP contribution < -0.4 is 5.32 Å². The molecule has 1 atom stereocenters. The smallest absolute Gasteiger partial charge is 0.227 e. The normalized spacial score (nSPS) is 19.1. The molecule has 0 aliphatic carbocycles. The van der Waals surface area contributed by atoms with E-state index in [4.69, 9.17) is 0 Å². The minimum absolute atomic E-state index is 0.292. The predicted molar refractivity (Wildman–Crippen MR) is 82.8 cm³/mol. The van der Waals surface area contributed by atoms with Gasteiger partial charge in [0.15, 0.2) is 0 Å². The molecule has 0 spiro atoms. The lowest BCUT2D eigenvalue weighted by atomic mass is 9.97. The summed E-state index contributed by atoms with van der Waals surface area (Å²) in [6, 6.07) is 8.62. The van der Waals surface area contributed by atoms with E-state index in [9.17, 15) is 4.79 Å². The van der Waals surface area contributed by atoms with Crippen molar-refractivity contribution in [2.24, 2.45) is 0 Å². The van der Waals surface area contributed by atoms with Gasteiger partial charge in [-0.15, -0.1) is 0 Å². The Bertz CT molecular complexity index is 444. The largest absolute Gasteiger partial charge is 0.339 e. The number of nitrogens with one attached hydrogen (secondary N) is 1. The maximum atomic E-state index is 12.6. The topological polar surface area (TPSA) is 32.3 Å². The second-order valence-corrected chi connectivity index (χ2v) is 5.73. The highest BCUT2D eigenvalue weighted by molar-refractivity contribution is 5.79. The summed E-state index contributed by atoms with van der Waals surface area (Å²) in [5, 5.41) is 3.20. The van der Waals surface area contributed by atoms with E-state index in [1.807, 2.05) is 19.2 Å². The van der Waals surface area contributed by atoms with Crippen LogP contribution in [0.4, 0.5) is 0 Å². The van der Waals surface area contributed by atoms with Gasteiger partial charge in [0.1, 0.15) is 0 Å². The highest BCUT2D eigenvalue weighted by Crippen LogP contribution is 2.21. The van der Waals surface area contributed by atoms with E-state index in [1.54, 1.807) is 0 Å². The van der Waals surface area contributed by atoms with Crippen LogP contribution >= 0.6 is 0 Å². The zero-order valence-electron chi connectivity index (χ0n) is 12.7. The molecule has 3 heteroatoms. The van der Waals surface area contributed by atoms with Crippen molar-refractivity contribution >= 4 is 5.91 Å². The molecule has 1 aliphatic rings. The third kappa shape index (κ3) is 3.83. The third-order valence-corrected chi connectivity index (χ3v) is 4.28. The van der Waals surface area contributed by atoms with E-state index < -0.39 is 0 Å². The number of carbonyl (C=O) groups is 1. The molecule has 1 aromatic carbocycles. The molecule has 3 nitrogen and oxygen atoms in total. The molecule has 2 rings (SSSR count). The Morgan fingerprint density at radius 2 is 2.15 bits per heavy atom. The van der Waals surface area contributed by atoms with Crippen molar-refractivity contribution in [3.63, 3.8) is 0 Å². The van der Waals surface area contributed by atoms with Crippen LogP contribution in [0.3, 0.4) is 0 Å². The first-order valence-electron chi connectivity index (χ1n) is 7.71. The molecular weight excluding hydrogens is 248 g/mol. The van der Waals surface area contributed by atoms with Crippen molar-refractivity contribution in [2.75, 3.05) is 20.1 Å². The first-order chi connectivity index (χ1) is 9.72. The summed E-state index contributed by atoms with van der Waals surface area (Å²) in [6.07, 6.45) is 5.16. The van der Waals surface area contributed by atoms with E-state index in [1.165, 1.54) is 12.0 Å². The van der Waals surface area contributed by atoms with Gasteiger partial charge >= 0.3 is 0 Å². The summed E-state index contributed by atoms with van der Waals surface area (Å²) in [5.41, 5.74) is 2.38. The number of aryl methyl sites for hydroxylation is 1. The number of nitrogens with zero attached hydrogens (tertiary/aromatic N) is 1. The average molecular weight is 274 g/mol. The van der Waals surface area contributed by atoms with Crippen LogP contribution in [0.25, 0.3) is 0 Å². The summed E-state index contributed by atoms with van der Waals surface area (Å²) in [4.78, 5) is 14.7. The summed E-state index contributed by atoms with van der Waals surface area (Å²) in [7, 11) is 1.97. The van der Waals surface area contributed by atoms with Gasteiger partial charge in [0.25, 0.3) is 0 Å². The Balaban J connectivity index is 2.00. The molecule has 1 amide bonds. The van der Waals surface area contributed by atoms with E-state index in [0.717, 1.165) is 37.9 Å². The molecule has 20 heavy (non-hydrogen) atoms. The summed E-state index contributed by atoms with van der Waals surface area (Å²) in [6.45, 7) is 4.00. The van der Waals surface area contributed by atoms with Gasteiger partial charge in [-0.25, -0.2) is 0 Å². The summed E-state index contributed by atoms with van der Waals surface area (Å²) < 4.78 is 0. The predicted octanol–water partition coefficient (Wildman–Crippen LogP) is 2.53. The molecule has 1 aromatic rings. The number of benzene rings is 1. The van der Waals surface area contributed by atoms with Crippen molar-refractivity contribution in [3.05, 3.63) is 35.4 Å². The van der Waals surface area contributed by atoms with Gasteiger partial charge in [0.05, 0.1) is 6.42 Å². The molecule has 1 aliphatic heterocycles. The number of piperidine rings is 1. The lowest BCUT2D eigenvalue weighted by Gasteiger charge is -2.36. The monoisotopic (exact) mass is 274 g/mol. The molecule has 0 bridgehead atoms. The molecular formula is C17H26N2O. The van der Waals surface area contributed by atoms with Gasteiger partial charge < -0.3 is 10.2 Å². The van der Waals surface area contributed by atoms with Gasteiger partial charge in [-0.1, -0.05) is 24.3 Å². The third-order valence-electron chi connectivity index (χ3n) is 4.28. The number of hydrogen-bond acceptors (Lipinski definition) is 2. The average Bonchev–Trinajstić information content (AvgIpc) is 2.47. The van der Waals surface area contributed by atoms with Crippen LogP contribution in [-0.2, 0) is 11.2 Å². The summed E-state index contributed by atoms with van der Waals surface area (Å²) >= 11 is 0. The van der Waals surface area contributed by atoms with Crippen molar-refractivity contribution in [1.82, 2.24) is 10.2 Å². The molecule has 110 valence electrons. The lowest BCUT2D eigenvalue weighted by Crippen LogP contribution is -2.45. The Labute approximate surface area is 122 Å². The van der Waals surface area contributed by atoms with Crippen molar-refractivity contribution in [3.8, 4) is 0 Å². The highest BCUT2D eigenvalue weighted by Gasteiger charge is 2.26. The van der Waals surface area contributed by atoms with Crippen LogP contribution in [0.15, 0.2) is 24.3 Å². The first-order valence-corrected chi connectivity index (χ1v) is 7.71. The molecule has 1 unspecified atom stereocenters. The Morgan fingerprint density at radius 3 is 2.90 bits per heavy atom. The van der Waals surface area contributed by atoms with Gasteiger partial charge in [0.2, 0.25) is 5.91 Å². The quantitative estimate of drug-likeness (QED) is 0.895. The second-order valence-electron chi connectivity index (χ2n) is 5.73. The molecule has 1 N–H and O–H groups in total. The SMILES string of the molecule is CNCCC1CCCCN1C(=O)Cc1ccccc1C. The van der Waals surface area contributed by atoms with Gasteiger partial charge in [-0.3, -0.25) is 4.79 Å². The van der Waals surface area contributed by atoms with Gasteiger partial charge in [-0.05, 0) is 57.3 Å². The van der Waals surface area contributed by atoms with Crippen LogP contribution in [0, 0.1) is 6.92 Å². The maximum Gasteiger partial charge on any atom is 0.227 e. The molecule has 0 radical (unpaired) electrons. The van der Waals surface area contributed by atoms with Crippen LogP contribution in [0.2, 0.25) is 0 Å². The molecule has 1 heterocycles. The molecule has 1 saturated heterocycles. The fourth-order valence-corrected chi connectivity index (χ4v) is 3.01. The number of carbonyl (C=O) groups excluding carboxylic acids is 1. The van der Waals surface area contributed by atoms with Gasteiger partial charge in [0, 0.05) is 12.6 Å². The highest BCUT2D eigenvalue weighted by atomic mass is 16.2. The standard InChI is InChI=1S/C17H26N2O/c1-14-7-3-4-8-15(14)13-17(20)19-12-6-5-9-16(19)10-11-18-2/h3-4,7-8,16,18H,5-6,9-13H2,1-2H3. The number of hydrogen-bond donors (Lipinski definition) is 1. The Hall–Kier alpha value is -1.35.